The molecule has 0 bridgehead atoms. The summed E-state index contributed by atoms with van der Waals surface area (Å²) in [4.78, 5) is 0. The van der Waals surface area contributed by atoms with Crippen molar-refractivity contribution >= 4 is 11.6 Å². The molecule has 2 aromatic rings. The number of aromatic hydroxyl groups is 1. The van der Waals surface area contributed by atoms with Gasteiger partial charge in [0.2, 0.25) is 0 Å². The fraction of sp³-hybridized carbons (Fsp3) is 0.0769. The molecule has 0 spiro atoms. The molecule has 2 rings (SSSR count). The van der Waals surface area contributed by atoms with Crippen LogP contribution in [0, 0.1) is 12.7 Å². The Morgan fingerprint density at radius 3 is 2.31 bits per heavy atom. The molecule has 0 aliphatic heterocycles. The van der Waals surface area contributed by atoms with Gasteiger partial charge in [0.05, 0.1) is 5.02 Å². The SMILES string of the molecule is Cc1ccc(-c2ccc(F)c(Cl)c2)cc1O. The zero-order valence-corrected chi connectivity index (χ0v) is 9.42. The number of hydrogen-bond acceptors (Lipinski definition) is 1. The number of benzene rings is 2. The van der Waals surface area contributed by atoms with Crippen LogP contribution in [0.25, 0.3) is 11.1 Å². The Morgan fingerprint density at radius 1 is 1.06 bits per heavy atom. The highest BCUT2D eigenvalue weighted by molar-refractivity contribution is 6.31. The zero-order valence-electron chi connectivity index (χ0n) is 8.67. The number of rotatable bonds is 1. The van der Waals surface area contributed by atoms with Gasteiger partial charge in [0.1, 0.15) is 11.6 Å². The minimum atomic E-state index is -0.443. The van der Waals surface area contributed by atoms with Gasteiger partial charge in [-0.05, 0) is 41.8 Å². The van der Waals surface area contributed by atoms with E-state index >= 15 is 0 Å². The van der Waals surface area contributed by atoms with Crippen molar-refractivity contribution in [2.24, 2.45) is 0 Å². The standard InChI is InChI=1S/C13H10ClFO/c1-8-2-3-10(7-13(8)16)9-4-5-12(15)11(14)6-9/h2-7,16H,1H3. The van der Waals surface area contributed by atoms with Gasteiger partial charge in [0.15, 0.2) is 0 Å². The molecule has 1 nitrogen and oxygen atoms in total. The maximum absolute atomic E-state index is 13.0. The smallest absolute Gasteiger partial charge is 0.141 e. The molecule has 0 aromatic heterocycles. The Labute approximate surface area is 98.1 Å². The van der Waals surface area contributed by atoms with Crippen LogP contribution in [0.3, 0.4) is 0 Å². The number of halogens is 2. The highest BCUT2D eigenvalue weighted by Crippen LogP contribution is 2.28. The van der Waals surface area contributed by atoms with E-state index in [1.165, 1.54) is 6.07 Å². The van der Waals surface area contributed by atoms with Crippen LogP contribution in [-0.2, 0) is 0 Å². The number of hydrogen-bond donors (Lipinski definition) is 1. The van der Waals surface area contributed by atoms with Crippen LogP contribution in [-0.4, -0.2) is 5.11 Å². The minimum absolute atomic E-state index is 0.0811. The van der Waals surface area contributed by atoms with Crippen molar-refractivity contribution in [1.82, 2.24) is 0 Å². The molecule has 0 radical (unpaired) electrons. The molecule has 0 saturated heterocycles. The van der Waals surface area contributed by atoms with E-state index in [-0.39, 0.29) is 10.8 Å². The van der Waals surface area contributed by atoms with Crippen molar-refractivity contribution in [3.8, 4) is 16.9 Å². The molecule has 0 amide bonds. The predicted octanol–water partition coefficient (Wildman–Crippen LogP) is 4.16. The van der Waals surface area contributed by atoms with E-state index in [1.54, 1.807) is 18.2 Å². The first kappa shape index (κ1) is 11.0. The van der Waals surface area contributed by atoms with Crippen LogP contribution in [0.1, 0.15) is 5.56 Å². The van der Waals surface area contributed by atoms with Crippen molar-refractivity contribution in [2.75, 3.05) is 0 Å². The fourth-order valence-corrected chi connectivity index (χ4v) is 1.65. The molecule has 16 heavy (non-hydrogen) atoms. The summed E-state index contributed by atoms with van der Waals surface area (Å²) in [6, 6.07) is 9.79. The Kier molecular flexibility index (Phi) is 2.84. The van der Waals surface area contributed by atoms with E-state index in [1.807, 2.05) is 19.1 Å². The van der Waals surface area contributed by atoms with Gasteiger partial charge in [-0.25, -0.2) is 4.39 Å². The van der Waals surface area contributed by atoms with Crippen LogP contribution in [0.5, 0.6) is 5.75 Å². The van der Waals surface area contributed by atoms with Crippen LogP contribution >= 0.6 is 11.6 Å². The summed E-state index contributed by atoms with van der Waals surface area (Å²) < 4.78 is 13.0. The lowest BCUT2D eigenvalue weighted by atomic mass is 10.0. The van der Waals surface area contributed by atoms with Gasteiger partial charge in [-0.2, -0.15) is 0 Å². The summed E-state index contributed by atoms with van der Waals surface area (Å²) in [6.07, 6.45) is 0. The van der Waals surface area contributed by atoms with Crippen molar-refractivity contribution < 1.29 is 9.50 Å². The molecule has 2 aromatic carbocycles. The molecule has 1 N–H and O–H groups in total. The van der Waals surface area contributed by atoms with Crippen molar-refractivity contribution in [3.05, 3.63) is 52.8 Å². The first-order valence-electron chi connectivity index (χ1n) is 4.83. The summed E-state index contributed by atoms with van der Waals surface area (Å²) in [5.41, 5.74) is 2.39. The lowest BCUT2D eigenvalue weighted by Gasteiger charge is -2.05. The Balaban J connectivity index is 2.50. The number of phenolic OH excluding ortho intramolecular Hbond substituents is 1. The quantitative estimate of drug-likeness (QED) is 0.788. The molecule has 0 aliphatic carbocycles. The number of phenols is 1. The second-order valence-electron chi connectivity index (χ2n) is 3.63. The van der Waals surface area contributed by atoms with E-state index in [0.717, 1.165) is 16.7 Å². The lowest BCUT2D eigenvalue weighted by molar-refractivity contribution is 0.471. The number of aryl methyl sites for hydroxylation is 1. The largest absolute Gasteiger partial charge is 0.508 e. The van der Waals surface area contributed by atoms with Crippen molar-refractivity contribution in [3.63, 3.8) is 0 Å². The topological polar surface area (TPSA) is 20.2 Å². The summed E-state index contributed by atoms with van der Waals surface area (Å²) >= 11 is 5.70. The second-order valence-corrected chi connectivity index (χ2v) is 4.04. The van der Waals surface area contributed by atoms with E-state index in [2.05, 4.69) is 0 Å². The summed E-state index contributed by atoms with van der Waals surface area (Å²) in [5.74, 6) is -0.223. The molecular weight excluding hydrogens is 227 g/mol. The second kappa shape index (κ2) is 4.14. The van der Waals surface area contributed by atoms with Gasteiger partial charge in [-0.3, -0.25) is 0 Å². The summed E-state index contributed by atoms with van der Waals surface area (Å²) in [6.45, 7) is 1.82. The molecular formula is C13H10ClFO. The van der Waals surface area contributed by atoms with E-state index in [9.17, 15) is 9.50 Å². The van der Waals surface area contributed by atoms with E-state index < -0.39 is 5.82 Å². The lowest BCUT2D eigenvalue weighted by Crippen LogP contribution is -1.82. The zero-order chi connectivity index (χ0) is 11.7. The van der Waals surface area contributed by atoms with Crippen LogP contribution in [0.15, 0.2) is 36.4 Å². The molecule has 0 fully saturated rings. The Morgan fingerprint density at radius 2 is 1.69 bits per heavy atom. The van der Waals surface area contributed by atoms with Crippen LogP contribution < -0.4 is 0 Å². The average Bonchev–Trinajstić information content (AvgIpc) is 2.26. The molecule has 82 valence electrons. The molecule has 0 unspecified atom stereocenters. The van der Waals surface area contributed by atoms with E-state index in [4.69, 9.17) is 11.6 Å². The normalized spacial score (nSPS) is 10.4. The summed E-state index contributed by atoms with van der Waals surface area (Å²) in [5, 5.41) is 9.66. The Bertz CT molecular complexity index is 488. The predicted molar refractivity (Wildman–Crippen MR) is 63.2 cm³/mol. The molecule has 0 heterocycles. The maximum Gasteiger partial charge on any atom is 0.141 e. The third-order valence-electron chi connectivity index (χ3n) is 2.46. The fourth-order valence-electron chi connectivity index (χ4n) is 1.46. The van der Waals surface area contributed by atoms with E-state index in [0.29, 0.717) is 0 Å². The van der Waals surface area contributed by atoms with Gasteiger partial charge >= 0.3 is 0 Å². The highest BCUT2D eigenvalue weighted by atomic mass is 35.5. The van der Waals surface area contributed by atoms with Gasteiger partial charge < -0.3 is 5.11 Å². The van der Waals surface area contributed by atoms with Crippen LogP contribution in [0.2, 0.25) is 5.02 Å². The minimum Gasteiger partial charge on any atom is -0.508 e. The van der Waals surface area contributed by atoms with Gasteiger partial charge in [-0.15, -0.1) is 0 Å². The van der Waals surface area contributed by atoms with Gasteiger partial charge in [-0.1, -0.05) is 29.8 Å². The Hall–Kier alpha value is -1.54. The maximum atomic E-state index is 13.0. The third-order valence-corrected chi connectivity index (χ3v) is 2.75. The van der Waals surface area contributed by atoms with Crippen molar-refractivity contribution in [2.45, 2.75) is 6.92 Å². The first-order valence-corrected chi connectivity index (χ1v) is 5.21. The highest BCUT2D eigenvalue weighted by Gasteiger charge is 2.04. The molecule has 0 atom stereocenters. The molecule has 3 heteroatoms. The van der Waals surface area contributed by atoms with Crippen LogP contribution in [0.4, 0.5) is 4.39 Å². The van der Waals surface area contributed by atoms with Gasteiger partial charge in [0.25, 0.3) is 0 Å². The van der Waals surface area contributed by atoms with Crippen molar-refractivity contribution in [1.29, 1.82) is 0 Å². The average molecular weight is 237 g/mol. The van der Waals surface area contributed by atoms with Gasteiger partial charge in [0, 0.05) is 0 Å². The monoisotopic (exact) mass is 236 g/mol. The summed E-state index contributed by atoms with van der Waals surface area (Å²) in [7, 11) is 0. The third kappa shape index (κ3) is 2.02. The first-order chi connectivity index (χ1) is 7.58. The molecule has 0 aliphatic rings. The molecule has 0 saturated carbocycles.